The second-order valence-electron chi connectivity index (χ2n) is 9.13. The number of thioether (sulfide) groups is 1. The number of carbonyl (C=O) groups is 1. The molecule has 7 nitrogen and oxygen atoms in total. The zero-order chi connectivity index (χ0) is 22.6. The van der Waals surface area contributed by atoms with Crippen LogP contribution in [0.4, 0.5) is 5.82 Å². The minimum Gasteiger partial charge on any atom is -0.378 e. The van der Waals surface area contributed by atoms with E-state index < -0.39 is 0 Å². The van der Waals surface area contributed by atoms with Gasteiger partial charge in [-0.05, 0) is 17.7 Å². The molecule has 0 aliphatic carbocycles. The molecular weight excluding hydrogens is 424 g/mol. The third-order valence-corrected chi connectivity index (χ3v) is 6.58. The summed E-state index contributed by atoms with van der Waals surface area (Å²) in [7, 11) is 0. The van der Waals surface area contributed by atoms with Crippen molar-refractivity contribution in [2.45, 2.75) is 37.1 Å². The number of hydrogen-bond acceptors (Lipinski definition) is 7. The number of benzene rings is 1. The lowest BCUT2D eigenvalue weighted by Gasteiger charge is -2.29. The number of morpholine rings is 2. The Morgan fingerprint density at radius 3 is 2.22 bits per heavy atom. The largest absolute Gasteiger partial charge is 0.378 e. The monoisotopic (exact) mass is 456 g/mol. The Bertz CT molecular complexity index is 918. The molecule has 0 unspecified atom stereocenters. The number of aromatic nitrogens is 2. The van der Waals surface area contributed by atoms with Gasteiger partial charge in [0.2, 0.25) is 0 Å². The standard InChI is InChI=1S/C24H32N4O3S/c1-24(2,3)20-16-21(27-8-12-30-13-9-27)26-23(25-20)32-17-18-4-6-19(7-5-18)22(29)28-10-14-31-15-11-28/h4-7,16H,8-15,17H2,1-3H3. The highest BCUT2D eigenvalue weighted by Gasteiger charge is 2.22. The van der Waals surface area contributed by atoms with Crippen molar-refractivity contribution >= 4 is 23.5 Å². The van der Waals surface area contributed by atoms with Gasteiger partial charge < -0.3 is 19.3 Å². The first-order valence-electron chi connectivity index (χ1n) is 11.2. The second kappa shape index (κ2) is 10.2. The van der Waals surface area contributed by atoms with Crippen molar-refractivity contribution < 1.29 is 14.3 Å². The molecule has 0 radical (unpaired) electrons. The summed E-state index contributed by atoms with van der Waals surface area (Å²) in [5.74, 6) is 1.80. The van der Waals surface area contributed by atoms with E-state index in [1.165, 1.54) is 0 Å². The lowest BCUT2D eigenvalue weighted by atomic mass is 9.92. The lowest BCUT2D eigenvalue weighted by Crippen LogP contribution is -2.40. The molecule has 0 spiro atoms. The minimum absolute atomic E-state index is 0.0548. The molecule has 0 saturated carbocycles. The summed E-state index contributed by atoms with van der Waals surface area (Å²) >= 11 is 1.63. The fourth-order valence-corrected chi connectivity index (χ4v) is 4.47. The third-order valence-electron chi connectivity index (χ3n) is 5.66. The predicted octanol–water partition coefficient (Wildman–Crippen LogP) is 3.38. The van der Waals surface area contributed by atoms with Crippen LogP contribution < -0.4 is 4.90 Å². The number of ether oxygens (including phenoxy) is 2. The van der Waals surface area contributed by atoms with Crippen LogP contribution in [0.15, 0.2) is 35.5 Å². The van der Waals surface area contributed by atoms with Crippen LogP contribution in [0.3, 0.4) is 0 Å². The van der Waals surface area contributed by atoms with Crippen molar-refractivity contribution in [2.75, 3.05) is 57.5 Å². The SMILES string of the molecule is CC(C)(C)c1cc(N2CCOCC2)nc(SCc2ccc(C(=O)N3CCOCC3)cc2)n1. The minimum atomic E-state index is -0.0548. The Morgan fingerprint density at radius 1 is 0.969 bits per heavy atom. The summed E-state index contributed by atoms with van der Waals surface area (Å²) in [4.78, 5) is 26.5. The van der Waals surface area contributed by atoms with E-state index in [-0.39, 0.29) is 11.3 Å². The van der Waals surface area contributed by atoms with Gasteiger partial charge in [-0.25, -0.2) is 9.97 Å². The Kier molecular flexibility index (Phi) is 7.33. The third kappa shape index (κ3) is 5.79. The average Bonchev–Trinajstić information content (AvgIpc) is 2.83. The van der Waals surface area contributed by atoms with Crippen LogP contribution in [0.2, 0.25) is 0 Å². The number of anilines is 1. The van der Waals surface area contributed by atoms with E-state index in [4.69, 9.17) is 19.4 Å². The summed E-state index contributed by atoms with van der Waals surface area (Å²) in [5, 5.41) is 0.785. The van der Waals surface area contributed by atoms with E-state index in [2.05, 4.69) is 31.7 Å². The van der Waals surface area contributed by atoms with Crippen LogP contribution in [0.1, 0.15) is 42.4 Å². The number of rotatable bonds is 5. The van der Waals surface area contributed by atoms with Gasteiger partial charge in [-0.3, -0.25) is 4.79 Å². The molecule has 2 aliphatic heterocycles. The molecule has 0 bridgehead atoms. The average molecular weight is 457 g/mol. The van der Waals surface area contributed by atoms with Crippen LogP contribution >= 0.6 is 11.8 Å². The molecule has 8 heteroatoms. The highest BCUT2D eigenvalue weighted by Crippen LogP contribution is 2.28. The van der Waals surface area contributed by atoms with E-state index in [0.29, 0.717) is 26.3 Å². The quantitative estimate of drug-likeness (QED) is 0.505. The number of hydrogen-bond donors (Lipinski definition) is 0. The number of amides is 1. The molecule has 2 fully saturated rings. The normalized spacial score (nSPS) is 17.5. The molecule has 2 saturated heterocycles. The van der Waals surface area contributed by atoms with E-state index in [9.17, 15) is 4.79 Å². The molecule has 1 amide bonds. The zero-order valence-electron chi connectivity index (χ0n) is 19.2. The van der Waals surface area contributed by atoms with Gasteiger partial charge in [-0.2, -0.15) is 0 Å². The first-order chi connectivity index (χ1) is 15.4. The van der Waals surface area contributed by atoms with Gasteiger partial charge in [0.15, 0.2) is 5.16 Å². The predicted molar refractivity (Wildman–Crippen MR) is 126 cm³/mol. The molecule has 0 atom stereocenters. The van der Waals surface area contributed by atoms with E-state index in [1.807, 2.05) is 29.2 Å². The fourth-order valence-electron chi connectivity index (χ4n) is 3.66. The van der Waals surface area contributed by atoms with Crippen molar-refractivity contribution in [3.63, 3.8) is 0 Å². The summed E-state index contributed by atoms with van der Waals surface area (Å²) in [6.07, 6.45) is 0. The van der Waals surface area contributed by atoms with Crippen molar-refractivity contribution in [3.8, 4) is 0 Å². The Labute approximate surface area is 194 Å². The van der Waals surface area contributed by atoms with Gasteiger partial charge in [-0.1, -0.05) is 44.7 Å². The van der Waals surface area contributed by atoms with Crippen molar-refractivity contribution in [1.82, 2.24) is 14.9 Å². The van der Waals surface area contributed by atoms with Gasteiger partial charge in [0.05, 0.1) is 32.1 Å². The van der Waals surface area contributed by atoms with Crippen LogP contribution in [0.5, 0.6) is 0 Å². The Hall–Kier alpha value is -2.16. The lowest BCUT2D eigenvalue weighted by molar-refractivity contribution is 0.0303. The first kappa shape index (κ1) is 23.0. The Morgan fingerprint density at radius 2 is 1.59 bits per heavy atom. The highest BCUT2D eigenvalue weighted by molar-refractivity contribution is 7.98. The molecule has 1 aromatic heterocycles. The molecule has 4 rings (SSSR count). The fraction of sp³-hybridized carbons (Fsp3) is 0.542. The van der Waals surface area contributed by atoms with Crippen LogP contribution in [0.25, 0.3) is 0 Å². The van der Waals surface area contributed by atoms with Gasteiger partial charge in [0.25, 0.3) is 5.91 Å². The van der Waals surface area contributed by atoms with Crippen molar-refractivity contribution in [1.29, 1.82) is 0 Å². The van der Waals surface area contributed by atoms with E-state index >= 15 is 0 Å². The summed E-state index contributed by atoms with van der Waals surface area (Å²) < 4.78 is 10.8. The molecular formula is C24H32N4O3S. The zero-order valence-corrected chi connectivity index (χ0v) is 20.0. The summed E-state index contributed by atoms with van der Waals surface area (Å²) in [5.41, 5.74) is 2.86. The maximum atomic E-state index is 12.6. The number of nitrogens with zero attached hydrogens (tertiary/aromatic N) is 4. The maximum Gasteiger partial charge on any atom is 0.254 e. The van der Waals surface area contributed by atoms with Gasteiger partial charge >= 0.3 is 0 Å². The Balaban J connectivity index is 1.44. The van der Waals surface area contributed by atoms with Gasteiger partial charge in [0.1, 0.15) is 5.82 Å². The molecule has 0 N–H and O–H groups in total. The van der Waals surface area contributed by atoms with Crippen molar-refractivity contribution in [3.05, 3.63) is 47.2 Å². The molecule has 2 aromatic rings. The van der Waals surface area contributed by atoms with E-state index in [1.54, 1.807) is 11.8 Å². The maximum absolute atomic E-state index is 12.6. The smallest absolute Gasteiger partial charge is 0.254 e. The topological polar surface area (TPSA) is 67.8 Å². The van der Waals surface area contributed by atoms with Crippen molar-refractivity contribution in [2.24, 2.45) is 0 Å². The van der Waals surface area contributed by atoms with Crippen LogP contribution in [-0.2, 0) is 20.6 Å². The number of carbonyl (C=O) groups excluding carboxylic acids is 1. The summed E-state index contributed by atoms with van der Waals surface area (Å²) in [6.45, 7) is 12.2. The van der Waals surface area contributed by atoms with Crippen LogP contribution in [0, 0.1) is 0 Å². The van der Waals surface area contributed by atoms with Gasteiger partial charge in [-0.15, -0.1) is 0 Å². The molecule has 2 aliphatic rings. The molecule has 3 heterocycles. The first-order valence-corrected chi connectivity index (χ1v) is 12.2. The molecule has 32 heavy (non-hydrogen) atoms. The van der Waals surface area contributed by atoms with Crippen LogP contribution in [-0.4, -0.2) is 73.4 Å². The second-order valence-corrected chi connectivity index (χ2v) is 10.1. The van der Waals surface area contributed by atoms with Gasteiger partial charge in [0, 0.05) is 49.0 Å². The molecule has 172 valence electrons. The highest BCUT2D eigenvalue weighted by atomic mass is 32.2. The van der Waals surface area contributed by atoms with E-state index in [0.717, 1.165) is 59.9 Å². The summed E-state index contributed by atoms with van der Waals surface area (Å²) in [6, 6.07) is 9.99. The molecule has 1 aromatic carbocycles.